The summed E-state index contributed by atoms with van der Waals surface area (Å²) in [7, 11) is -0.639. The molecule has 0 amide bonds. The van der Waals surface area contributed by atoms with Crippen LogP contribution in [-0.4, -0.2) is 18.7 Å². The van der Waals surface area contributed by atoms with Gasteiger partial charge < -0.3 is 9.68 Å². The molecule has 0 spiro atoms. The molecule has 0 aromatic heterocycles. The third kappa shape index (κ3) is 1.04. The van der Waals surface area contributed by atoms with Gasteiger partial charge in [-0.15, -0.1) is 0 Å². The maximum Gasteiger partial charge on any atom is 0.483 e. The van der Waals surface area contributed by atoms with E-state index in [4.69, 9.17) is 9.68 Å². The molecule has 0 unspecified atom stereocenters. The first-order valence-electron chi connectivity index (χ1n) is 2.26. The fourth-order valence-electron chi connectivity index (χ4n) is 0.556. The molecule has 0 radical (unpaired) electrons. The lowest BCUT2D eigenvalue weighted by molar-refractivity contribution is 0.310. The minimum Gasteiger partial charge on any atom is -0.423 e. The lowest BCUT2D eigenvalue weighted by Crippen LogP contribution is -2.07. The van der Waals surface area contributed by atoms with Gasteiger partial charge in [0.2, 0.25) is 0 Å². The van der Waals surface area contributed by atoms with Gasteiger partial charge >= 0.3 is 7.12 Å². The molecule has 38 valence electrons. The summed E-state index contributed by atoms with van der Waals surface area (Å²) in [6, 6.07) is 0. The molecule has 1 N–H and O–H groups in total. The van der Waals surface area contributed by atoms with Crippen molar-refractivity contribution in [2.24, 2.45) is 0 Å². The predicted octanol–water partition coefficient (Wildman–Crippen LogP) is -0.0174. The van der Waals surface area contributed by atoms with Crippen LogP contribution in [0.4, 0.5) is 0 Å². The largest absolute Gasteiger partial charge is 0.483 e. The van der Waals surface area contributed by atoms with Crippen molar-refractivity contribution >= 4 is 7.12 Å². The van der Waals surface area contributed by atoms with E-state index in [9.17, 15) is 0 Å². The van der Waals surface area contributed by atoms with Crippen molar-refractivity contribution in [3.05, 3.63) is 11.5 Å². The summed E-state index contributed by atoms with van der Waals surface area (Å²) < 4.78 is 4.73. The predicted molar refractivity (Wildman–Crippen MR) is 27.7 cm³/mol. The highest BCUT2D eigenvalue weighted by Gasteiger charge is 2.15. The molecule has 0 aromatic carbocycles. The Hall–Kier alpha value is -0.275. The highest BCUT2D eigenvalue weighted by molar-refractivity contribution is 6.50. The van der Waals surface area contributed by atoms with Gasteiger partial charge in [-0.2, -0.15) is 0 Å². The first-order valence-corrected chi connectivity index (χ1v) is 2.26. The van der Waals surface area contributed by atoms with E-state index in [-0.39, 0.29) is 0 Å². The molecule has 0 aliphatic carbocycles. The Kier molecular flexibility index (Phi) is 1.17. The molecular weight excluding hydrogens is 90.9 g/mol. The van der Waals surface area contributed by atoms with Crippen LogP contribution in [-0.2, 0) is 4.65 Å². The minimum absolute atomic E-state index is 0.584. The van der Waals surface area contributed by atoms with E-state index in [1.807, 2.05) is 6.92 Å². The molecule has 1 aliphatic heterocycles. The first-order chi connectivity index (χ1) is 3.29. The second-order valence-corrected chi connectivity index (χ2v) is 1.71. The summed E-state index contributed by atoms with van der Waals surface area (Å²) in [5.74, 6) is 1.69. The average Bonchev–Trinajstić information content (AvgIpc) is 1.87. The van der Waals surface area contributed by atoms with Crippen LogP contribution in [0, 0.1) is 0 Å². The Morgan fingerprint density at radius 3 is 2.86 bits per heavy atom. The molecule has 0 aromatic rings. The second kappa shape index (κ2) is 1.68. The summed E-state index contributed by atoms with van der Waals surface area (Å²) >= 11 is 0. The molecule has 1 aliphatic rings. The SMILES string of the molecule is CC1=CB(O)OC1. The Morgan fingerprint density at radius 2 is 2.71 bits per heavy atom. The summed E-state index contributed by atoms with van der Waals surface area (Å²) in [6.45, 7) is 2.51. The molecule has 0 saturated heterocycles. The zero-order valence-corrected chi connectivity index (χ0v) is 4.22. The molecule has 2 nitrogen and oxygen atoms in total. The van der Waals surface area contributed by atoms with Crippen molar-refractivity contribution in [1.82, 2.24) is 0 Å². The second-order valence-electron chi connectivity index (χ2n) is 1.71. The standard InChI is InChI=1S/C4H7BO2/c1-4-2-5(6)7-3-4/h2,6H,3H2,1H3. The van der Waals surface area contributed by atoms with E-state index in [0.717, 1.165) is 5.57 Å². The van der Waals surface area contributed by atoms with Crippen LogP contribution in [0.25, 0.3) is 0 Å². The molecular formula is C4H7BO2. The molecule has 7 heavy (non-hydrogen) atoms. The molecule has 3 heteroatoms. The van der Waals surface area contributed by atoms with Gasteiger partial charge in [0.25, 0.3) is 0 Å². The Bertz CT molecular complexity index is 99.9. The van der Waals surface area contributed by atoms with E-state index < -0.39 is 7.12 Å². The zero-order valence-electron chi connectivity index (χ0n) is 4.22. The molecule has 1 rings (SSSR count). The van der Waals surface area contributed by atoms with Gasteiger partial charge in [-0.25, -0.2) is 0 Å². The lowest BCUT2D eigenvalue weighted by atomic mass is 9.92. The van der Waals surface area contributed by atoms with E-state index in [1.54, 1.807) is 5.98 Å². The van der Waals surface area contributed by atoms with Gasteiger partial charge in [-0.05, 0) is 6.92 Å². The zero-order chi connectivity index (χ0) is 5.28. The normalized spacial score (nSPS) is 20.3. The molecule has 0 bridgehead atoms. The Balaban J connectivity index is 2.50. The summed E-state index contributed by atoms with van der Waals surface area (Å²) in [6.07, 6.45) is 0. The van der Waals surface area contributed by atoms with Gasteiger partial charge in [0.1, 0.15) is 0 Å². The summed E-state index contributed by atoms with van der Waals surface area (Å²) in [4.78, 5) is 0. The summed E-state index contributed by atoms with van der Waals surface area (Å²) in [5.41, 5.74) is 1.10. The molecule has 1 heterocycles. The van der Waals surface area contributed by atoms with E-state index >= 15 is 0 Å². The van der Waals surface area contributed by atoms with Crippen LogP contribution in [0.5, 0.6) is 0 Å². The van der Waals surface area contributed by atoms with Crippen LogP contribution >= 0.6 is 0 Å². The van der Waals surface area contributed by atoms with Crippen molar-refractivity contribution in [1.29, 1.82) is 0 Å². The van der Waals surface area contributed by atoms with Crippen molar-refractivity contribution in [3.8, 4) is 0 Å². The Morgan fingerprint density at radius 1 is 2.00 bits per heavy atom. The van der Waals surface area contributed by atoms with Crippen LogP contribution in [0.1, 0.15) is 6.92 Å². The highest BCUT2D eigenvalue weighted by atomic mass is 16.5. The van der Waals surface area contributed by atoms with Crippen LogP contribution < -0.4 is 0 Å². The number of hydrogen-bond acceptors (Lipinski definition) is 2. The third-order valence-electron chi connectivity index (χ3n) is 0.909. The van der Waals surface area contributed by atoms with E-state index in [1.165, 1.54) is 0 Å². The fraction of sp³-hybridized carbons (Fsp3) is 0.500. The monoisotopic (exact) mass is 98.1 g/mol. The van der Waals surface area contributed by atoms with Crippen molar-refractivity contribution in [2.45, 2.75) is 6.92 Å². The Labute approximate surface area is 42.9 Å². The minimum atomic E-state index is -0.639. The van der Waals surface area contributed by atoms with Gasteiger partial charge in [0.15, 0.2) is 0 Å². The van der Waals surface area contributed by atoms with E-state index in [0.29, 0.717) is 6.61 Å². The van der Waals surface area contributed by atoms with Crippen LogP contribution in [0.2, 0.25) is 0 Å². The highest BCUT2D eigenvalue weighted by Crippen LogP contribution is 2.03. The van der Waals surface area contributed by atoms with Gasteiger partial charge in [0.05, 0.1) is 6.61 Å². The average molecular weight is 97.9 g/mol. The van der Waals surface area contributed by atoms with Crippen molar-refractivity contribution in [3.63, 3.8) is 0 Å². The molecule has 0 fully saturated rings. The fourth-order valence-corrected chi connectivity index (χ4v) is 0.556. The quantitative estimate of drug-likeness (QED) is 0.431. The maximum absolute atomic E-state index is 8.60. The van der Waals surface area contributed by atoms with Gasteiger partial charge in [0, 0.05) is 0 Å². The summed E-state index contributed by atoms with van der Waals surface area (Å²) in [5, 5.41) is 8.60. The lowest BCUT2D eigenvalue weighted by Gasteiger charge is -1.88. The first kappa shape index (κ1) is 4.87. The molecule has 0 saturated carbocycles. The third-order valence-corrected chi connectivity index (χ3v) is 0.909. The van der Waals surface area contributed by atoms with Crippen molar-refractivity contribution < 1.29 is 9.68 Å². The van der Waals surface area contributed by atoms with Gasteiger partial charge in [-0.3, -0.25) is 0 Å². The van der Waals surface area contributed by atoms with E-state index in [2.05, 4.69) is 0 Å². The number of rotatable bonds is 0. The van der Waals surface area contributed by atoms with Crippen molar-refractivity contribution in [2.75, 3.05) is 6.61 Å². The topological polar surface area (TPSA) is 29.5 Å². The molecule has 0 atom stereocenters. The number of hydrogen-bond donors (Lipinski definition) is 1. The smallest absolute Gasteiger partial charge is 0.423 e. The van der Waals surface area contributed by atoms with Crippen LogP contribution in [0.15, 0.2) is 11.5 Å². The van der Waals surface area contributed by atoms with Gasteiger partial charge in [-0.1, -0.05) is 11.5 Å². The van der Waals surface area contributed by atoms with Crippen LogP contribution in [0.3, 0.4) is 0 Å². The maximum atomic E-state index is 8.60.